The number of pyridine rings is 1. The minimum Gasteiger partial charge on any atom is -0.481 e. The van der Waals surface area contributed by atoms with E-state index in [-0.39, 0.29) is 40.8 Å². The van der Waals surface area contributed by atoms with Gasteiger partial charge in [0.25, 0.3) is 5.91 Å². The van der Waals surface area contributed by atoms with Gasteiger partial charge in [-0.2, -0.15) is 5.10 Å². The van der Waals surface area contributed by atoms with Crippen molar-refractivity contribution in [1.29, 1.82) is 0 Å². The van der Waals surface area contributed by atoms with Gasteiger partial charge >= 0.3 is 0 Å². The number of carbonyl (C=O) groups is 2. The van der Waals surface area contributed by atoms with E-state index in [1.807, 2.05) is 4.90 Å². The Morgan fingerprint density at radius 1 is 1.28 bits per heavy atom. The highest BCUT2D eigenvalue weighted by atomic mass is 19.1. The molecule has 1 spiro atoms. The molecule has 3 saturated heterocycles. The SMILES string of the molecule is COc1cc(-c2cc(C(=O)N3CC[C@H](C(=O)NC4CN([C@H]5CCOC5)C4)CC34CC4)[nH]n2)c(F)cn1. The Morgan fingerprint density at radius 3 is 2.83 bits per heavy atom. The van der Waals surface area contributed by atoms with Gasteiger partial charge < -0.3 is 19.7 Å². The molecule has 1 aliphatic carbocycles. The fourth-order valence-electron chi connectivity index (χ4n) is 5.83. The molecule has 0 aromatic carbocycles. The topological polar surface area (TPSA) is 113 Å². The maximum absolute atomic E-state index is 14.3. The summed E-state index contributed by atoms with van der Waals surface area (Å²) >= 11 is 0. The van der Waals surface area contributed by atoms with Crippen LogP contribution in [0.25, 0.3) is 11.3 Å². The normalized spacial score (nSPS) is 25.6. The summed E-state index contributed by atoms with van der Waals surface area (Å²) in [7, 11) is 1.45. The van der Waals surface area contributed by atoms with E-state index in [0.29, 0.717) is 36.8 Å². The van der Waals surface area contributed by atoms with Gasteiger partial charge in [-0.1, -0.05) is 0 Å². The van der Waals surface area contributed by atoms with E-state index in [4.69, 9.17) is 9.47 Å². The summed E-state index contributed by atoms with van der Waals surface area (Å²) in [5, 5.41) is 10.2. The maximum Gasteiger partial charge on any atom is 0.272 e. The molecule has 11 heteroatoms. The van der Waals surface area contributed by atoms with E-state index in [1.165, 1.54) is 13.2 Å². The number of aromatic amines is 1. The molecular weight excluding hydrogens is 467 g/mol. The number of likely N-dealkylation sites (tertiary alicyclic amines) is 2. The van der Waals surface area contributed by atoms with Gasteiger partial charge in [-0.05, 0) is 38.2 Å². The van der Waals surface area contributed by atoms with Crippen LogP contribution in [-0.4, -0.2) is 94.4 Å². The van der Waals surface area contributed by atoms with Crippen molar-refractivity contribution in [3.63, 3.8) is 0 Å². The van der Waals surface area contributed by atoms with Gasteiger partial charge in [-0.15, -0.1) is 0 Å². The van der Waals surface area contributed by atoms with Crippen LogP contribution in [0.5, 0.6) is 5.88 Å². The van der Waals surface area contributed by atoms with E-state index < -0.39 is 5.82 Å². The van der Waals surface area contributed by atoms with E-state index >= 15 is 0 Å². The van der Waals surface area contributed by atoms with Crippen molar-refractivity contribution < 1.29 is 23.5 Å². The molecule has 0 bridgehead atoms. The summed E-state index contributed by atoms with van der Waals surface area (Å²) in [5.41, 5.74) is 0.554. The van der Waals surface area contributed by atoms with Crippen LogP contribution < -0.4 is 10.1 Å². The molecule has 4 aliphatic rings. The summed E-state index contributed by atoms with van der Waals surface area (Å²) in [6.07, 6.45) is 5.22. The molecule has 1 saturated carbocycles. The van der Waals surface area contributed by atoms with Crippen molar-refractivity contribution in [1.82, 2.24) is 30.3 Å². The third-order valence-corrected chi connectivity index (χ3v) is 8.15. The second kappa shape index (κ2) is 9.11. The fraction of sp³-hybridized carbons (Fsp3) is 0.600. The summed E-state index contributed by atoms with van der Waals surface area (Å²) in [6, 6.07) is 3.70. The summed E-state index contributed by atoms with van der Waals surface area (Å²) < 4.78 is 24.9. The van der Waals surface area contributed by atoms with Gasteiger partial charge in [0.15, 0.2) is 5.82 Å². The Balaban J connectivity index is 1.07. The number of aromatic nitrogens is 3. The molecule has 0 unspecified atom stereocenters. The smallest absolute Gasteiger partial charge is 0.272 e. The third-order valence-electron chi connectivity index (χ3n) is 8.15. The number of carbonyl (C=O) groups excluding carboxylic acids is 2. The number of methoxy groups -OCH3 is 1. The molecule has 0 radical (unpaired) electrons. The van der Waals surface area contributed by atoms with Gasteiger partial charge in [-0.25, -0.2) is 9.37 Å². The Kier molecular flexibility index (Phi) is 5.91. The van der Waals surface area contributed by atoms with Gasteiger partial charge in [0, 0.05) is 55.4 Å². The standard InChI is InChI=1S/C25H31FN6O4/c1-35-22-8-18(19(26)11-27-22)20-9-21(30-29-20)24(34)32-6-2-15(10-25(32)4-5-25)23(33)28-16-12-31(13-16)17-3-7-36-14-17/h8-9,11,15-17H,2-7,10,12-14H2,1H3,(H,28,33)(H,29,30)/t15-,17-/m0/s1. The first-order valence-electron chi connectivity index (χ1n) is 12.7. The lowest BCUT2D eigenvalue weighted by Crippen LogP contribution is -2.63. The van der Waals surface area contributed by atoms with Gasteiger partial charge in [0.05, 0.1) is 31.6 Å². The first-order chi connectivity index (χ1) is 17.5. The zero-order valence-corrected chi connectivity index (χ0v) is 20.3. The quantitative estimate of drug-likeness (QED) is 0.622. The lowest BCUT2D eigenvalue weighted by molar-refractivity contribution is -0.129. The Bertz CT molecular complexity index is 1160. The minimum atomic E-state index is -0.544. The summed E-state index contributed by atoms with van der Waals surface area (Å²) in [5.74, 6) is -0.428. The van der Waals surface area contributed by atoms with Crippen LogP contribution in [0.1, 0.15) is 42.6 Å². The van der Waals surface area contributed by atoms with Crippen molar-refractivity contribution in [2.24, 2.45) is 5.92 Å². The molecule has 2 amide bonds. The highest BCUT2D eigenvalue weighted by molar-refractivity contribution is 5.94. The zero-order chi connectivity index (χ0) is 24.9. The van der Waals surface area contributed by atoms with Crippen molar-refractivity contribution in [3.05, 3.63) is 29.8 Å². The number of hydrogen-bond donors (Lipinski definition) is 2. The van der Waals surface area contributed by atoms with Crippen LogP contribution in [0.15, 0.2) is 18.3 Å². The predicted octanol–water partition coefficient (Wildman–Crippen LogP) is 1.59. The molecule has 2 atom stereocenters. The van der Waals surface area contributed by atoms with Crippen LogP contribution in [0, 0.1) is 11.7 Å². The maximum atomic E-state index is 14.3. The average molecular weight is 499 g/mol. The first kappa shape index (κ1) is 23.4. The molecule has 10 nitrogen and oxygen atoms in total. The fourth-order valence-corrected chi connectivity index (χ4v) is 5.83. The molecule has 2 aromatic rings. The highest BCUT2D eigenvalue weighted by Gasteiger charge is 2.55. The number of nitrogens with one attached hydrogen (secondary N) is 2. The van der Waals surface area contributed by atoms with E-state index in [1.54, 1.807) is 6.07 Å². The number of H-pyrrole nitrogens is 1. The molecule has 3 aliphatic heterocycles. The van der Waals surface area contributed by atoms with Crippen LogP contribution in [0.4, 0.5) is 4.39 Å². The van der Waals surface area contributed by atoms with E-state index in [0.717, 1.165) is 51.8 Å². The largest absolute Gasteiger partial charge is 0.481 e. The molecule has 2 N–H and O–H groups in total. The van der Waals surface area contributed by atoms with Crippen molar-refractivity contribution in [2.75, 3.05) is 40.0 Å². The molecular formula is C25H31FN6O4. The van der Waals surface area contributed by atoms with Gasteiger partial charge in [0.2, 0.25) is 11.8 Å². The summed E-state index contributed by atoms with van der Waals surface area (Å²) in [4.78, 5) is 34.5. The van der Waals surface area contributed by atoms with Crippen molar-refractivity contribution in [3.8, 4) is 17.1 Å². The highest BCUT2D eigenvalue weighted by Crippen LogP contribution is 2.50. The van der Waals surface area contributed by atoms with E-state index in [9.17, 15) is 14.0 Å². The van der Waals surface area contributed by atoms with Crippen molar-refractivity contribution >= 4 is 11.8 Å². The summed E-state index contributed by atoms with van der Waals surface area (Å²) in [6.45, 7) is 3.90. The van der Waals surface area contributed by atoms with Crippen LogP contribution in [0.3, 0.4) is 0 Å². The number of piperidine rings is 1. The lowest BCUT2D eigenvalue weighted by atomic mass is 9.87. The van der Waals surface area contributed by atoms with Gasteiger partial charge in [-0.3, -0.25) is 19.6 Å². The molecule has 6 rings (SSSR count). The number of nitrogens with zero attached hydrogens (tertiary/aromatic N) is 4. The number of amides is 2. The third kappa shape index (κ3) is 4.24. The molecule has 4 fully saturated rings. The Labute approximate surface area is 208 Å². The van der Waals surface area contributed by atoms with Gasteiger partial charge in [0.1, 0.15) is 5.69 Å². The number of ether oxygens (including phenoxy) is 2. The van der Waals surface area contributed by atoms with Crippen LogP contribution in [-0.2, 0) is 9.53 Å². The van der Waals surface area contributed by atoms with Crippen molar-refractivity contribution in [2.45, 2.75) is 49.7 Å². The Morgan fingerprint density at radius 2 is 2.11 bits per heavy atom. The number of halogens is 1. The number of rotatable bonds is 6. The first-order valence-corrected chi connectivity index (χ1v) is 12.7. The lowest BCUT2D eigenvalue weighted by Gasteiger charge is -2.44. The zero-order valence-electron chi connectivity index (χ0n) is 20.3. The Hall–Kier alpha value is -3.05. The molecule has 192 valence electrons. The molecule has 5 heterocycles. The van der Waals surface area contributed by atoms with Crippen LogP contribution in [0.2, 0.25) is 0 Å². The second-order valence-corrected chi connectivity index (χ2v) is 10.4. The molecule has 36 heavy (non-hydrogen) atoms. The second-order valence-electron chi connectivity index (χ2n) is 10.4. The van der Waals surface area contributed by atoms with E-state index in [2.05, 4.69) is 25.4 Å². The minimum absolute atomic E-state index is 0.0869. The predicted molar refractivity (Wildman–Crippen MR) is 127 cm³/mol. The average Bonchev–Trinajstić information content (AvgIpc) is 3.26. The number of hydrogen-bond acceptors (Lipinski definition) is 7. The monoisotopic (exact) mass is 498 g/mol. The molecule has 2 aromatic heterocycles. The van der Waals surface area contributed by atoms with Crippen LogP contribution >= 0.6 is 0 Å².